The number of aliphatic hydroxyl groups is 7. The van der Waals surface area contributed by atoms with E-state index in [9.17, 15) is 154 Å². The van der Waals surface area contributed by atoms with Crippen molar-refractivity contribution in [1.29, 1.82) is 0 Å². The number of hydrogen-bond donors (Lipinski definition) is 18. The molecule has 55 nitrogen and oxygen atoms in total. The Bertz CT molecular complexity index is 4240. The fourth-order valence-electron chi connectivity index (χ4n) is 12.6. The molecule has 121 heavy (non-hydrogen) atoms. The molecule has 0 aliphatic carbocycles. The molecule has 5 fully saturated rings. The first-order chi connectivity index (χ1) is 56.1. The fourth-order valence-corrected chi connectivity index (χ4v) is 16.3. The van der Waals surface area contributed by atoms with Gasteiger partial charge in [-0.2, -0.15) is 81.5 Å². The van der Waals surface area contributed by atoms with Crippen LogP contribution < -0.4 is 14.2 Å². The average Bonchev–Trinajstić information content (AvgIpc) is 0.770. The van der Waals surface area contributed by atoms with Crippen LogP contribution in [0.25, 0.3) is 0 Å². The second kappa shape index (κ2) is 48.6. The summed E-state index contributed by atoms with van der Waals surface area (Å²) in [5, 5.41) is 81.6. The van der Waals surface area contributed by atoms with Crippen molar-refractivity contribution in [3.63, 3.8) is 0 Å². The Kier molecular flexibility index (Phi) is 43.3. The van der Waals surface area contributed by atoms with Crippen LogP contribution in [0.3, 0.4) is 0 Å². The minimum absolute atomic E-state index is 0.000685. The first-order valence-corrected chi connectivity index (χ1v) is 48.1. The van der Waals surface area contributed by atoms with E-state index in [0.717, 1.165) is 51.4 Å². The van der Waals surface area contributed by atoms with Gasteiger partial charge in [-0.15, -0.1) is 0 Å². The van der Waals surface area contributed by atoms with Crippen molar-refractivity contribution in [2.45, 2.75) is 290 Å². The number of carbonyl (C=O) groups is 3. The average molecular weight is 1930 g/mol. The number of rotatable bonds is 54. The van der Waals surface area contributed by atoms with Gasteiger partial charge in [-0.05, 0) is 19.3 Å². The maximum absolute atomic E-state index is 14.7. The van der Waals surface area contributed by atoms with E-state index >= 15 is 0 Å². The predicted molar refractivity (Wildman–Crippen MR) is 389 cm³/mol. The Morgan fingerprint density at radius 2 is 0.645 bits per heavy atom. The molecule has 0 bridgehead atoms. The summed E-state index contributed by atoms with van der Waals surface area (Å²) >= 11 is 0. The molecule has 5 heterocycles. The summed E-state index contributed by atoms with van der Waals surface area (Å²) < 4.78 is 379. The van der Waals surface area contributed by atoms with Gasteiger partial charge in [0.1, 0.15) is 110 Å². The molecular weight excluding hydrogens is 1830 g/mol. The molecule has 18 N–H and O–H groups in total. The van der Waals surface area contributed by atoms with Crippen LogP contribution >= 0.6 is 0 Å². The molecule has 0 aromatic carbocycles. The third kappa shape index (κ3) is 37.9. The van der Waals surface area contributed by atoms with Crippen LogP contribution in [0.2, 0.25) is 0 Å². The van der Waals surface area contributed by atoms with Gasteiger partial charge in [0.15, 0.2) is 49.6 Å². The second-order valence-electron chi connectivity index (χ2n) is 27.5. The normalized spacial score (nSPS) is 32.0. The third-order valence-corrected chi connectivity index (χ3v) is 22.1. The van der Waals surface area contributed by atoms with Gasteiger partial charge < -0.3 is 97.3 Å². The molecule has 5 aliphatic heterocycles. The zero-order valence-corrected chi connectivity index (χ0v) is 70.8. The number of nitrogens with one attached hydrogen (secondary N) is 3. The van der Waals surface area contributed by atoms with Crippen molar-refractivity contribution in [1.82, 2.24) is 14.2 Å². The van der Waals surface area contributed by atoms with E-state index in [1.165, 1.54) is 14.2 Å². The highest BCUT2D eigenvalue weighted by atomic mass is 32.3. The molecule has 0 amide bonds. The molecule has 63 heteroatoms. The molecule has 0 saturated carbocycles. The number of aliphatic hydroxyl groups excluding tert-OH is 7. The predicted octanol–water partition coefficient (Wildman–Crippen LogP) is -5.96. The van der Waals surface area contributed by atoms with Gasteiger partial charge in [0, 0.05) is 0 Å². The molecule has 0 radical (unpaired) electrons. The van der Waals surface area contributed by atoms with Crippen LogP contribution in [0.4, 0.5) is 0 Å². The standard InChI is InChI=1S/C58H103N3O52S8/c1-4-7-10-13-16-19-22-96-34(63)25-30(26-62)102-54-36(60-115(75,76)77)40(66)44(32(104-54)28-100-118(84,85)86)106-57-49(113-121(93,94)95)43(69)47(51(111-57)53(71)98-24-21-18-15-12-9-6-3)109-56-37(61-116(78,79)80)41(67)45(33(105-56)29-101-119(87,88)89)107-58-48(112-120(90,91)92)42(68)46(50(110-58)52(70)97-23-20-17-14-11-8-5-2)108-55-35(59-114(72,73)74)39(65)38(64)31(103-55)27-99-117(81,82)83/h25,31-33,35-51,54-62,64-69H,4-24,26-29H2,1-3H3,(H,72,73,74)(H,75,76,77)(H,78,79,80)(H,81,82,83)(H,84,85,86)(H,87,88,89)(H,90,91,92)(H,93,94,95)/b30-25+. The largest absolute Gasteiger partial charge is 0.465 e. The molecule has 25 atom stereocenters. The summed E-state index contributed by atoms with van der Waals surface area (Å²) in [4.78, 5) is 42.0. The minimum atomic E-state index is -6.22. The lowest BCUT2D eigenvalue weighted by Gasteiger charge is -2.50. The van der Waals surface area contributed by atoms with Gasteiger partial charge in [0.05, 0.1) is 45.7 Å². The summed E-state index contributed by atoms with van der Waals surface area (Å²) in [6.45, 7) is -2.16. The van der Waals surface area contributed by atoms with E-state index < -0.39 is 300 Å². The van der Waals surface area contributed by atoms with E-state index in [0.29, 0.717) is 51.0 Å². The Morgan fingerprint density at radius 3 is 0.983 bits per heavy atom. The Morgan fingerprint density at radius 1 is 0.339 bits per heavy atom. The van der Waals surface area contributed by atoms with Crippen molar-refractivity contribution in [3.8, 4) is 0 Å². The first-order valence-electron chi connectivity index (χ1n) is 36.9. The molecule has 5 saturated heterocycles. The summed E-state index contributed by atoms with van der Waals surface area (Å²) in [7, 11) is -47.0. The van der Waals surface area contributed by atoms with Crippen LogP contribution in [0.1, 0.15) is 136 Å². The molecular formula is C58H103N3O52S8. The smallest absolute Gasteiger partial charge is 0.397 e. The lowest BCUT2D eigenvalue weighted by atomic mass is 9.94. The van der Waals surface area contributed by atoms with E-state index in [1.807, 2.05) is 20.8 Å². The van der Waals surface area contributed by atoms with E-state index in [4.69, 9.17) is 65.8 Å². The van der Waals surface area contributed by atoms with Crippen molar-refractivity contribution in [2.75, 3.05) is 46.2 Å². The highest BCUT2D eigenvalue weighted by Gasteiger charge is 2.62. The van der Waals surface area contributed by atoms with Crippen LogP contribution in [-0.4, -0.2) is 357 Å². The van der Waals surface area contributed by atoms with Crippen molar-refractivity contribution < 1.29 is 236 Å². The zero-order chi connectivity index (χ0) is 91.0. The van der Waals surface area contributed by atoms with Gasteiger partial charge >= 0.3 is 101 Å². The van der Waals surface area contributed by atoms with Crippen LogP contribution in [-0.2, 0) is 180 Å². The highest BCUT2D eigenvalue weighted by molar-refractivity contribution is 7.84. The van der Waals surface area contributed by atoms with Crippen molar-refractivity contribution in [2.24, 2.45) is 0 Å². The minimum Gasteiger partial charge on any atom is -0.465 e. The van der Waals surface area contributed by atoms with E-state index in [1.54, 1.807) is 0 Å². The Hall–Kier alpha value is -3.73. The van der Waals surface area contributed by atoms with Crippen LogP contribution in [0, 0.1) is 0 Å². The Balaban J connectivity index is 1.68. The second-order valence-corrected chi connectivity index (χ2v) is 36.4. The van der Waals surface area contributed by atoms with Gasteiger partial charge in [0.25, 0.3) is 0 Å². The van der Waals surface area contributed by atoms with E-state index in [2.05, 4.69) is 16.7 Å². The number of unbranched alkanes of at least 4 members (excludes halogenated alkanes) is 15. The number of carbonyl (C=O) groups excluding carboxylic acids is 3. The Labute approximate surface area is 695 Å². The van der Waals surface area contributed by atoms with Crippen molar-refractivity contribution >= 4 is 101 Å². The van der Waals surface area contributed by atoms with Gasteiger partial charge in [-0.1, -0.05) is 117 Å². The van der Waals surface area contributed by atoms with Crippen molar-refractivity contribution in [3.05, 3.63) is 11.8 Å². The van der Waals surface area contributed by atoms with Crippen LogP contribution in [0.15, 0.2) is 11.8 Å². The molecule has 0 aromatic rings. The lowest BCUT2D eigenvalue weighted by Crippen LogP contribution is -2.71. The summed E-state index contributed by atoms with van der Waals surface area (Å²) in [6.07, 6.45) is -53.1. The number of hydrogen-bond acceptors (Lipinski definition) is 44. The highest BCUT2D eigenvalue weighted by Crippen LogP contribution is 2.40. The summed E-state index contributed by atoms with van der Waals surface area (Å²) in [6, 6.07) is -8.30. The van der Waals surface area contributed by atoms with Gasteiger partial charge in [-0.3, -0.25) is 36.4 Å². The number of esters is 3. The van der Waals surface area contributed by atoms with E-state index in [-0.39, 0.29) is 25.9 Å². The topological polar surface area (TPSA) is 830 Å². The molecule has 0 spiro atoms. The van der Waals surface area contributed by atoms with Crippen LogP contribution in [0.5, 0.6) is 0 Å². The molecule has 25 unspecified atom stereocenters. The quantitative estimate of drug-likeness (QED) is 0.00673. The molecule has 5 rings (SSSR count). The van der Waals surface area contributed by atoms with Gasteiger partial charge in [-0.25, -0.2) is 35.3 Å². The first kappa shape index (κ1) is 108. The molecule has 5 aliphatic rings. The monoisotopic (exact) mass is 1930 g/mol. The third-order valence-electron chi connectivity index (χ3n) is 18.1. The summed E-state index contributed by atoms with van der Waals surface area (Å²) in [5.74, 6) is -5.73. The van der Waals surface area contributed by atoms with Gasteiger partial charge in [0.2, 0.25) is 6.29 Å². The lowest BCUT2D eigenvalue weighted by molar-refractivity contribution is -0.373. The molecule has 0 aromatic heterocycles. The molecule has 710 valence electrons. The summed E-state index contributed by atoms with van der Waals surface area (Å²) in [5.41, 5.74) is 0. The maximum Gasteiger partial charge on any atom is 0.397 e. The SMILES string of the molecule is CCCCCCCCOC(=O)/C=C(\CO)OC1OC(COS(=O)(=O)O)C(OC2OC(C(=O)OCCCCCCCC)C(OC3OC(COS(=O)(=O)O)C(OC4OC(C(=O)OCCCCCCCC)C(OC5OC(COS(=O)(=O)O)C(O)C(O)C5NS(=O)(=O)O)C(O)C4OS(=O)(=O)O)C(O)C3NS(=O)(=O)O)C(O)C2OS(=O)(=O)O)C(O)C1NS(=O)(=O)O. The maximum atomic E-state index is 14.7. The number of ether oxygens (including phenoxy) is 13. The fraction of sp³-hybridized carbons (Fsp3) is 0.914. The zero-order valence-electron chi connectivity index (χ0n) is 64.3.